The second-order valence-electron chi connectivity index (χ2n) is 4.32. The Hall–Kier alpha value is -0.420. The first-order valence-corrected chi connectivity index (χ1v) is 6.81. The van der Waals surface area contributed by atoms with Gasteiger partial charge < -0.3 is 5.32 Å². The Bertz CT molecular complexity index is 333. The highest BCUT2D eigenvalue weighted by molar-refractivity contribution is 7.91. The highest BCUT2D eigenvalue weighted by Gasteiger charge is 2.40. The normalized spacial score (nSPS) is 30.4. The number of hydrogen-bond acceptors (Lipinski definition) is 4. The minimum atomic E-state index is -2.83. The van der Waals surface area contributed by atoms with Crippen molar-refractivity contribution < 1.29 is 13.2 Å². The number of nitrogens with one attached hydrogen (secondary N) is 1. The van der Waals surface area contributed by atoms with E-state index in [1.54, 1.807) is 0 Å². The first-order valence-electron chi connectivity index (χ1n) is 4.99. The minimum absolute atomic E-state index is 0.194. The lowest BCUT2D eigenvalue weighted by atomic mass is 9.83. The summed E-state index contributed by atoms with van der Waals surface area (Å²) in [5.41, 5.74) is -0.194. The van der Waals surface area contributed by atoms with Crippen molar-refractivity contribution in [1.82, 2.24) is 5.32 Å². The van der Waals surface area contributed by atoms with E-state index in [1.165, 1.54) is 0 Å². The molecule has 0 aliphatic carbocycles. The molecule has 1 spiro atoms. The van der Waals surface area contributed by atoms with Crippen LogP contribution in [0.5, 0.6) is 0 Å². The number of carbonyl (C=O) groups is 1. The summed E-state index contributed by atoms with van der Waals surface area (Å²) in [5, 5.41) is 3.32. The number of carbonyl (C=O) groups excluding carboxylic acids is 1. The Morgan fingerprint density at radius 2 is 1.86 bits per heavy atom. The maximum atomic E-state index is 11.3. The standard InChI is InChI=1S/C9H15NO3S/c11-8-1-4-10-9(7-8)2-5-14(12,13)6-3-9/h10H,1-7H2. The molecule has 14 heavy (non-hydrogen) atoms. The number of sulfone groups is 1. The number of rotatable bonds is 0. The molecule has 5 heteroatoms. The average molecular weight is 217 g/mol. The second kappa shape index (κ2) is 3.31. The lowest BCUT2D eigenvalue weighted by molar-refractivity contribution is -0.122. The van der Waals surface area contributed by atoms with Gasteiger partial charge in [-0.1, -0.05) is 0 Å². The molecule has 2 aliphatic rings. The smallest absolute Gasteiger partial charge is 0.150 e. The van der Waals surface area contributed by atoms with Crippen molar-refractivity contribution in [3.8, 4) is 0 Å². The SMILES string of the molecule is O=C1CCNC2(CCS(=O)(=O)CC2)C1. The molecule has 0 amide bonds. The number of piperidine rings is 1. The minimum Gasteiger partial charge on any atom is -0.310 e. The Morgan fingerprint density at radius 3 is 2.43 bits per heavy atom. The van der Waals surface area contributed by atoms with Gasteiger partial charge in [-0.2, -0.15) is 0 Å². The van der Waals surface area contributed by atoms with Crippen LogP contribution in [-0.4, -0.2) is 37.8 Å². The van der Waals surface area contributed by atoms with Crippen molar-refractivity contribution in [2.45, 2.75) is 31.2 Å². The molecule has 0 unspecified atom stereocenters. The first kappa shape index (κ1) is 10.1. The van der Waals surface area contributed by atoms with Gasteiger partial charge in [-0.05, 0) is 12.8 Å². The zero-order chi connectivity index (χ0) is 10.2. The summed E-state index contributed by atoms with van der Waals surface area (Å²) in [5.74, 6) is 0.726. The summed E-state index contributed by atoms with van der Waals surface area (Å²) >= 11 is 0. The largest absolute Gasteiger partial charge is 0.310 e. The fourth-order valence-corrected chi connectivity index (χ4v) is 3.89. The van der Waals surface area contributed by atoms with Crippen LogP contribution in [0.15, 0.2) is 0 Å². The van der Waals surface area contributed by atoms with Crippen molar-refractivity contribution in [3.05, 3.63) is 0 Å². The van der Waals surface area contributed by atoms with Gasteiger partial charge in [0.05, 0.1) is 11.5 Å². The lowest BCUT2D eigenvalue weighted by Gasteiger charge is -2.40. The van der Waals surface area contributed by atoms with Crippen LogP contribution in [0.1, 0.15) is 25.7 Å². The molecule has 2 saturated heterocycles. The van der Waals surface area contributed by atoms with Crippen molar-refractivity contribution in [3.63, 3.8) is 0 Å². The molecule has 80 valence electrons. The van der Waals surface area contributed by atoms with E-state index in [4.69, 9.17) is 0 Å². The Labute approximate surface area is 84.0 Å². The van der Waals surface area contributed by atoms with Gasteiger partial charge in [-0.15, -0.1) is 0 Å². The lowest BCUT2D eigenvalue weighted by Crippen LogP contribution is -2.55. The van der Waals surface area contributed by atoms with Gasteiger partial charge >= 0.3 is 0 Å². The Morgan fingerprint density at radius 1 is 1.21 bits per heavy atom. The third-order valence-corrected chi connectivity index (χ3v) is 4.87. The van der Waals surface area contributed by atoms with Gasteiger partial charge in [0.25, 0.3) is 0 Å². The van der Waals surface area contributed by atoms with Gasteiger partial charge in [-0.3, -0.25) is 4.79 Å². The predicted octanol–water partition coefficient (Wildman–Crippen LogP) is -0.114. The molecular formula is C9H15NO3S. The summed E-state index contributed by atoms with van der Waals surface area (Å²) in [7, 11) is -2.83. The Kier molecular flexibility index (Phi) is 2.39. The van der Waals surface area contributed by atoms with Crippen LogP contribution in [0.4, 0.5) is 0 Å². The Balaban J connectivity index is 2.08. The number of hydrogen-bond donors (Lipinski definition) is 1. The summed E-state index contributed by atoms with van der Waals surface area (Å²) in [4.78, 5) is 11.3. The van der Waals surface area contributed by atoms with E-state index < -0.39 is 9.84 Å². The molecule has 0 radical (unpaired) electrons. The van der Waals surface area contributed by atoms with Crippen molar-refractivity contribution in [1.29, 1.82) is 0 Å². The molecule has 0 aromatic carbocycles. The van der Waals surface area contributed by atoms with Gasteiger partial charge in [0, 0.05) is 24.9 Å². The molecule has 1 N–H and O–H groups in total. The summed E-state index contributed by atoms with van der Waals surface area (Å²) < 4.78 is 22.5. The van der Waals surface area contributed by atoms with Crippen LogP contribution >= 0.6 is 0 Å². The van der Waals surface area contributed by atoms with Crippen LogP contribution in [0.25, 0.3) is 0 Å². The topological polar surface area (TPSA) is 63.2 Å². The molecular weight excluding hydrogens is 202 g/mol. The first-order chi connectivity index (χ1) is 6.52. The second-order valence-corrected chi connectivity index (χ2v) is 6.63. The van der Waals surface area contributed by atoms with Gasteiger partial charge in [0.15, 0.2) is 0 Å². The van der Waals surface area contributed by atoms with E-state index in [1.807, 2.05) is 0 Å². The van der Waals surface area contributed by atoms with E-state index in [0.29, 0.717) is 32.2 Å². The van der Waals surface area contributed by atoms with E-state index in [-0.39, 0.29) is 22.8 Å². The molecule has 2 heterocycles. The number of ketones is 1. The molecule has 2 fully saturated rings. The van der Waals surface area contributed by atoms with Crippen LogP contribution in [0.2, 0.25) is 0 Å². The van der Waals surface area contributed by atoms with Crippen molar-refractivity contribution in [2.75, 3.05) is 18.1 Å². The monoisotopic (exact) mass is 217 g/mol. The van der Waals surface area contributed by atoms with Crippen LogP contribution < -0.4 is 5.32 Å². The highest BCUT2D eigenvalue weighted by atomic mass is 32.2. The van der Waals surface area contributed by atoms with E-state index in [2.05, 4.69) is 5.32 Å². The predicted molar refractivity (Wildman–Crippen MR) is 52.9 cm³/mol. The molecule has 2 rings (SSSR count). The summed E-state index contributed by atoms with van der Waals surface area (Å²) in [6.07, 6.45) is 2.30. The molecule has 0 aromatic heterocycles. The molecule has 4 nitrogen and oxygen atoms in total. The molecule has 0 aromatic rings. The fraction of sp³-hybridized carbons (Fsp3) is 0.889. The van der Waals surface area contributed by atoms with Crippen molar-refractivity contribution in [2.24, 2.45) is 0 Å². The molecule has 0 bridgehead atoms. The van der Waals surface area contributed by atoms with Gasteiger partial charge in [0.2, 0.25) is 0 Å². The van der Waals surface area contributed by atoms with E-state index >= 15 is 0 Å². The van der Waals surface area contributed by atoms with Crippen molar-refractivity contribution >= 4 is 15.6 Å². The fourth-order valence-electron chi connectivity index (χ4n) is 2.28. The third-order valence-electron chi connectivity index (χ3n) is 3.22. The average Bonchev–Trinajstić information content (AvgIpc) is 2.12. The van der Waals surface area contributed by atoms with Gasteiger partial charge in [-0.25, -0.2) is 8.42 Å². The zero-order valence-corrected chi connectivity index (χ0v) is 8.90. The molecule has 0 atom stereocenters. The van der Waals surface area contributed by atoms with E-state index in [0.717, 1.165) is 0 Å². The van der Waals surface area contributed by atoms with Crippen LogP contribution in [-0.2, 0) is 14.6 Å². The molecule has 0 saturated carbocycles. The van der Waals surface area contributed by atoms with Crippen LogP contribution in [0.3, 0.4) is 0 Å². The third kappa shape index (κ3) is 1.98. The van der Waals surface area contributed by atoms with Gasteiger partial charge in [0.1, 0.15) is 15.6 Å². The van der Waals surface area contributed by atoms with E-state index in [9.17, 15) is 13.2 Å². The zero-order valence-electron chi connectivity index (χ0n) is 8.08. The van der Waals surface area contributed by atoms with Crippen LogP contribution in [0, 0.1) is 0 Å². The summed E-state index contributed by atoms with van der Waals surface area (Å²) in [6.45, 7) is 0.707. The highest BCUT2D eigenvalue weighted by Crippen LogP contribution is 2.29. The summed E-state index contributed by atoms with van der Waals surface area (Å²) in [6, 6.07) is 0. The number of Topliss-reactive ketones (excluding diaryl/α,β-unsaturated/α-hetero) is 1. The maximum absolute atomic E-state index is 11.3. The molecule has 2 aliphatic heterocycles. The maximum Gasteiger partial charge on any atom is 0.150 e. The quantitative estimate of drug-likeness (QED) is 0.615.